The van der Waals surface area contributed by atoms with E-state index in [0.717, 1.165) is 11.3 Å². The quantitative estimate of drug-likeness (QED) is 0.580. The third-order valence-corrected chi connectivity index (χ3v) is 6.32. The minimum absolute atomic E-state index is 0.0202. The Morgan fingerprint density at radius 1 is 1.33 bits per heavy atom. The number of sulfonamides is 1. The molecule has 0 unspecified atom stereocenters. The van der Waals surface area contributed by atoms with Crippen molar-refractivity contribution in [1.29, 1.82) is 0 Å². The Morgan fingerprint density at radius 2 is 1.95 bits per heavy atom. The molecule has 118 valence electrons. The number of alkyl halides is 1. The molecule has 1 N–H and O–H groups in total. The lowest BCUT2D eigenvalue weighted by Gasteiger charge is -2.06. The van der Waals surface area contributed by atoms with Gasteiger partial charge in [-0.3, -0.25) is 4.72 Å². The molecule has 0 aliphatic rings. The highest BCUT2D eigenvalue weighted by molar-refractivity contribution is 9.10. The second kappa shape index (κ2) is 7.23. The summed E-state index contributed by atoms with van der Waals surface area (Å²) in [6, 6.07) is 0. The van der Waals surface area contributed by atoms with Gasteiger partial charge in [-0.1, -0.05) is 15.9 Å². The van der Waals surface area contributed by atoms with Gasteiger partial charge < -0.3 is 9.47 Å². The van der Waals surface area contributed by atoms with Crippen molar-refractivity contribution >= 4 is 54.2 Å². The van der Waals surface area contributed by atoms with E-state index < -0.39 is 22.0 Å². The highest BCUT2D eigenvalue weighted by Gasteiger charge is 2.27. The number of hydrogen-bond donors (Lipinski definition) is 1. The first-order valence-electron chi connectivity index (χ1n) is 5.72. The van der Waals surface area contributed by atoms with Gasteiger partial charge in [0.2, 0.25) is 10.0 Å². The smallest absolute Gasteiger partial charge is 0.348 e. The van der Waals surface area contributed by atoms with Gasteiger partial charge in [-0.25, -0.2) is 18.0 Å². The molecule has 0 spiro atoms. The predicted molar refractivity (Wildman–Crippen MR) is 82.7 cm³/mol. The molecule has 0 aromatic carbocycles. The van der Waals surface area contributed by atoms with E-state index in [4.69, 9.17) is 4.74 Å². The van der Waals surface area contributed by atoms with Gasteiger partial charge in [-0.05, 0) is 19.4 Å². The second-order valence-electron chi connectivity index (χ2n) is 3.80. The molecule has 1 heterocycles. The molecule has 0 radical (unpaired) electrons. The molecule has 1 aromatic heterocycles. The van der Waals surface area contributed by atoms with Gasteiger partial charge in [0.05, 0.1) is 19.3 Å². The molecule has 0 aliphatic heterocycles. The van der Waals surface area contributed by atoms with Crippen LogP contribution in [0.4, 0.5) is 5.00 Å². The molecule has 1 aromatic rings. The number of methoxy groups -OCH3 is 1. The van der Waals surface area contributed by atoms with Gasteiger partial charge in [0.15, 0.2) is 0 Å². The number of carbonyl (C=O) groups excluding carboxylic acids is 2. The molecular weight excluding hydrogens is 386 g/mol. The summed E-state index contributed by atoms with van der Waals surface area (Å²) in [5.74, 6) is -1.35. The SMILES string of the molecule is CCOC(=O)c1c(NS(=O)(=O)CBr)sc(C(=O)OC)c1C. The van der Waals surface area contributed by atoms with Crippen molar-refractivity contribution in [3.8, 4) is 0 Å². The van der Waals surface area contributed by atoms with Crippen LogP contribution in [0.25, 0.3) is 0 Å². The highest BCUT2D eigenvalue weighted by Crippen LogP contribution is 2.35. The second-order valence-corrected chi connectivity index (χ2v) is 7.84. The fourth-order valence-corrected chi connectivity index (χ4v) is 3.78. The molecule has 0 saturated heterocycles. The van der Waals surface area contributed by atoms with E-state index in [9.17, 15) is 18.0 Å². The average Bonchev–Trinajstić information content (AvgIpc) is 2.74. The number of carbonyl (C=O) groups is 2. The van der Waals surface area contributed by atoms with Crippen LogP contribution in [-0.2, 0) is 19.5 Å². The number of esters is 2. The monoisotopic (exact) mass is 399 g/mol. The minimum Gasteiger partial charge on any atom is -0.465 e. The molecular formula is C11H14BrNO6S2. The van der Waals surface area contributed by atoms with E-state index in [1.807, 2.05) is 0 Å². The Kier molecular flexibility index (Phi) is 6.17. The maximum atomic E-state index is 12.0. The van der Waals surface area contributed by atoms with Crippen LogP contribution in [0.3, 0.4) is 0 Å². The maximum absolute atomic E-state index is 12.0. The van der Waals surface area contributed by atoms with Crippen LogP contribution in [0.1, 0.15) is 32.5 Å². The number of hydrogen-bond acceptors (Lipinski definition) is 7. The molecule has 0 aliphatic carbocycles. The highest BCUT2D eigenvalue weighted by atomic mass is 79.9. The van der Waals surface area contributed by atoms with Crippen LogP contribution in [0, 0.1) is 6.92 Å². The summed E-state index contributed by atoms with van der Waals surface area (Å²) >= 11 is 3.66. The van der Waals surface area contributed by atoms with E-state index in [1.54, 1.807) is 6.92 Å². The zero-order valence-corrected chi connectivity index (χ0v) is 14.8. The van der Waals surface area contributed by atoms with Crippen molar-refractivity contribution in [2.75, 3.05) is 23.1 Å². The molecule has 0 fully saturated rings. The van der Waals surface area contributed by atoms with Crippen LogP contribution < -0.4 is 4.72 Å². The van der Waals surface area contributed by atoms with E-state index in [2.05, 4.69) is 25.4 Å². The zero-order chi connectivity index (χ0) is 16.2. The fourth-order valence-electron chi connectivity index (χ4n) is 1.49. The summed E-state index contributed by atoms with van der Waals surface area (Å²) in [7, 11) is -2.46. The van der Waals surface area contributed by atoms with Gasteiger partial charge in [0, 0.05) is 0 Å². The summed E-state index contributed by atoms with van der Waals surface area (Å²) in [6.45, 7) is 3.29. The van der Waals surface area contributed by atoms with E-state index in [0.29, 0.717) is 5.56 Å². The first-order valence-corrected chi connectivity index (χ1v) is 9.31. The van der Waals surface area contributed by atoms with Crippen molar-refractivity contribution in [3.63, 3.8) is 0 Å². The molecule has 21 heavy (non-hydrogen) atoms. The molecule has 7 nitrogen and oxygen atoms in total. The van der Waals surface area contributed by atoms with Gasteiger partial charge in [0.25, 0.3) is 0 Å². The van der Waals surface area contributed by atoms with Crippen molar-refractivity contribution in [2.24, 2.45) is 0 Å². The van der Waals surface area contributed by atoms with Crippen LogP contribution in [0.5, 0.6) is 0 Å². The Labute approximate surface area is 134 Å². The Hall–Kier alpha value is -1.13. The van der Waals surface area contributed by atoms with Crippen LogP contribution in [0.15, 0.2) is 0 Å². The Bertz CT molecular complexity index is 652. The predicted octanol–water partition coefficient (Wildman–Crippen LogP) is 2.11. The first kappa shape index (κ1) is 17.9. The lowest BCUT2D eigenvalue weighted by Crippen LogP contribution is -2.15. The molecule has 1 rings (SSSR count). The number of ether oxygens (including phenoxy) is 2. The number of thiophene rings is 1. The summed E-state index contributed by atoms with van der Waals surface area (Å²) in [5.41, 5.74) is 0.337. The van der Waals surface area contributed by atoms with Gasteiger partial charge in [-0.15, -0.1) is 11.3 Å². The van der Waals surface area contributed by atoms with Crippen molar-refractivity contribution < 1.29 is 27.5 Å². The lowest BCUT2D eigenvalue weighted by molar-refractivity contribution is 0.0527. The third-order valence-electron chi connectivity index (χ3n) is 2.39. The van der Waals surface area contributed by atoms with E-state index in [1.165, 1.54) is 14.0 Å². The number of nitrogens with one attached hydrogen (secondary N) is 1. The summed E-state index contributed by atoms with van der Waals surface area (Å²) in [4.78, 5) is 23.8. The number of halogens is 1. The lowest BCUT2D eigenvalue weighted by atomic mass is 10.1. The minimum atomic E-state index is -3.66. The molecule has 0 atom stereocenters. The van der Waals surface area contributed by atoms with Crippen LogP contribution >= 0.6 is 27.3 Å². The Balaban J connectivity index is 3.39. The topological polar surface area (TPSA) is 98.8 Å². The third kappa shape index (κ3) is 4.17. The summed E-state index contributed by atoms with van der Waals surface area (Å²) in [6.07, 6.45) is 0. The summed E-state index contributed by atoms with van der Waals surface area (Å²) in [5, 5.41) is 0.0331. The molecule has 0 saturated carbocycles. The molecule has 0 bridgehead atoms. The van der Waals surface area contributed by atoms with Gasteiger partial charge in [0.1, 0.15) is 14.5 Å². The standard InChI is InChI=1S/C11H14BrNO6S2/c1-4-19-10(14)7-6(2)8(11(15)18-3)20-9(7)13-21(16,17)5-12/h13H,4-5H2,1-3H3. The van der Waals surface area contributed by atoms with Gasteiger partial charge >= 0.3 is 11.9 Å². The fraction of sp³-hybridized carbons (Fsp3) is 0.455. The van der Waals surface area contributed by atoms with Crippen LogP contribution in [0.2, 0.25) is 0 Å². The summed E-state index contributed by atoms with van der Waals surface area (Å²) < 4.78 is 34.7. The van der Waals surface area contributed by atoms with Crippen molar-refractivity contribution in [1.82, 2.24) is 0 Å². The van der Waals surface area contributed by atoms with Crippen molar-refractivity contribution in [3.05, 3.63) is 16.0 Å². The average molecular weight is 400 g/mol. The zero-order valence-electron chi connectivity index (χ0n) is 11.6. The number of rotatable bonds is 6. The van der Waals surface area contributed by atoms with E-state index in [-0.39, 0.29) is 26.7 Å². The molecule has 10 heteroatoms. The largest absolute Gasteiger partial charge is 0.465 e. The van der Waals surface area contributed by atoms with Crippen molar-refractivity contribution in [2.45, 2.75) is 13.8 Å². The first-order chi connectivity index (χ1) is 9.77. The number of anilines is 1. The van der Waals surface area contributed by atoms with Gasteiger partial charge in [-0.2, -0.15) is 0 Å². The normalized spacial score (nSPS) is 11.0. The molecule has 0 amide bonds. The maximum Gasteiger partial charge on any atom is 0.348 e. The van der Waals surface area contributed by atoms with Crippen LogP contribution in [-0.4, -0.2) is 38.7 Å². The Morgan fingerprint density at radius 3 is 2.43 bits per heavy atom. The van der Waals surface area contributed by atoms with E-state index >= 15 is 0 Å².